The molecule has 39 heavy (non-hydrogen) atoms. The van der Waals surface area contributed by atoms with Crippen LogP contribution in [-0.2, 0) is 0 Å². The lowest BCUT2D eigenvalue weighted by molar-refractivity contribution is 0.0696. The number of primary amides is 1. The molecule has 0 unspecified atom stereocenters. The van der Waals surface area contributed by atoms with Crippen molar-refractivity contribution in [1.29, 1.82) is 0 Å². The van der Waals surface area contributed by atoms with Crippen LogP contribution in [0, 0.1) is 13.8 Å². The van der Waals surface area contributed by atoms with Gasteiger partial charge in [-0.2, -0.15) is 0 Å². The number of rotatable bonds is 6. The number of nitrogens with two attached hydrogens (primary N) is 1. The van der Waals surface area contributed by atoms with Gasteiger partial charge in [-0.25, -0.2) is 4.79 Å². The average Bonchev–Trinajstić information content (AvgIpc) is 3.45. The van der Waals surface area contributed by atoms with Gasteiger partial charge >= 0.3 is 5.97 Å². The highest BCUT2D eigenvalue weighted by Gasteiger charge is 2.26. The number of amides is 1. The van der Waals surface area contributed by atoms with Crippen LogP contribution in [0.5, 0.6) is 0 Å². The van der Waals surface area contributed by atoms with Gasteiger partial charge in [0.25, 0.3) is 0 Å². The molecule has 6 aromatic rings. The number of carboxylic acids is 1. The van der Waals surface area contributed by atoms with Gasteiger partial charge in [0.15, 0.2) is 0 Å². The maximum absolute atomic E-state index is 12.9. The van der Waals surface area contributed by atoms with Gasteiger partial charge in [-0.05, 0) is 54.8 Å². The van der Waals surface area contributed by atoms with Crippen LogP contribution < -0.4 is 5.73 Å². The molecule has 0 bridgehead atoms. The molecule has 0 aliphatic rings. The minimum atomic E-state index is -1.03. The zero-order valence-electron chi connectivity index (χ0n) is 21.4. The van der Waals surface area contributed by atoms with E-state index in [1.54, 1.807) is 24.3 Å². The lowest BCUT2D eigenvalue weighted by Crippen LogP contribution is -2.14. The zero-order chi connectivity index (χ0) is 27.3. The van der Waals surface area contributed by atoms with Crippen molar-refractivity contribution in [2.75, 3.05) is 0 Å². The molecule has 0 aliphatic heterocycles. The van der Waals surface area contributed by atoms with E-state index in [1.807, 2.05) is 80.6 Å². The first-order chi connectivity index (χ1) is 18.8. The summed E-state index contributed by atoms with van der Waals surface area (Å²) in [6, 6.07) is 28.4. The fraction of sp³-hybridized carbons (Fsp3) is 0.0938. The molecule has 2 aromatic heterocycles. The maximum Gasteiger partial charge on any atom is 0.335 e. The van der Waals surface area contributed by atoms with Crippen LogP contribution in [0.15, 0.2) is 95.5 Å². The van der Waals surface area contributed by atoms with Crippen LogP contribution in [0.4, 0.5) is 0 Å². The highest BCUT2D eigenvalue weighted by molar-refractivity contribution is 6.19. The Bertz CT molecular complexity index is 1830. The summed E-state index contributed by atoms with van der Waals surface area (Å²) < 4.78 is 7.55. The van der Waals surface area contributed by atoms with Crippen LogP contribution in [-0.4, -0.2) is 26.7 Å². The monoisotopic (exact) mass is 515 g/mol. The van der Waals surface area contributed by atoms with Crippen LogP contribution in [0.25, 0.3) is 32.9 Å². The highest BCUT2D eigenvalue weighted by atomic mass is 16.5. The number of aromatic nitrogens is 2. The van der Waals surface area contributed by atoms with Crippen LogP contribution in [0.1, 0.15) is 49.3 Å². The van der Waals surface area contributed by atoms with E-state index in [-0.39, 0.29) is 11.6 Å². The summed E-state index contributed by atoms with van der Waals surface area (Å²) in [7, 11) is 0. The number of carbonyl (C=O) groups excluding carboxylic acids is 1. The number of carboxylic acid groups (broad SMARTS) is 1. The third-order valence-electron chi connectivity index (χ3n) is 7.23. The van der Waals surface area contributed by atoms with Crippen LogP contribution in [0.2, 0.25) is 0 Å². The van der Waals surface area contributed by atoms with Crippen molar-refractivity contribution < 1.29 is 19.2 Å². The van der Waals surface area contributed by atoms with Crippen molar-refractivity contribution in [3.63, 3.8) is 0 Å². The summed E-state index contributed by atoms with van der Waals surface area (Å²) in [5.41, 5.74) is 12.1. The minimum Gasteiger partial charge on any atom is -0.478 e. The maximum atomic E-state index is 12.9. The third-order valence-corrected chi connectivity index (χ3v) is 7.23. The van der Waals surface area contributed by atoms with E-state index in [1.165, 1.54) is 0 Å². The number of hydrogen-bond donors (Lipinski definition) is 2. The van der Waals surface area contributed by atoms with Crippen LogP contribution in [0.3, 0.4) is 0 Å². The Morgan fingerprint density at radius 3 is 2.05 bits per heavy atom. The van der Waals surface area contributed by atoms with E-state index >= 15 is 0 Å². The predicted octanol–water partition coefficient (Wildman–Crippen LogP) is 6.50. The van der Waals surface area contributed by atoms with E-state index in [4.69, 9.17) is 10.3 Å². The number of aromatic carboxylic acids is 1. The van der Waals surface area contributed by atoms with E-state index in [0.717, 1.165) is 33.2 Å². The summed E-state index contributed by atoms with van der Waals surface area (Å²) in [6.45, 7) is 3.68. The molecule has 7 heteroatoms. The fourth-order valence-electron chi connectivity index (χ4n) is 5.58. The molecule has 0 saturated heterocycles. The normalized spacial score (nSPS) is 11.5. The Hall–Kier alpha value is -5.17. The number of carbonyl (C=O) groups is 2. The Kier molecular flexibility index (Phi) is 5.76. The summed E-state index contributed by atoms with van der Waals surface area (Å²) in [6.07, 6.45) is 0. The van der Waals surface area contributed by atoms with Gasteiger partial charge in [-0.15, -0.1) is 0 Å². The van der Waals surface area contributed by atoms with Crippen molar-refractivity contribution in [1.82, 2.24) is 9.72 Å². The number of benzene rings is 4. The Morgan fingerprint density at radius 1 is 0.872 bits per heavy atom. The summed E-state index contributed by atoms with van der Waals surface area (Å²) in [5.74, 6) is -0.983. The van der Waals surface area contributed by atoms with E-state index in [2.05, 4.69) is 9.72 Å². The minimum absolute atomic E-state index is 0.151. The van der Waals surface area contributed by atoms with Crippen molar-refractivity contribution in [2.45, 2.75) is 19.9 Å². The molecule has 3 N–H and O–H groups in total. The summed E-state index contributed by atoms with van der Waals surface area (Å²) >= 11 is 0. The molecule has 2 heterocycles. The lowest BCUT2D eigenvalue weighted by Gasteiger charge is -2.23. The van der Waals surface area contributed by atoms with Gasteiger partial charge in [0.1, 0.15) is 5.76 Å². The molecule has 4 aromatic carbocycles. The van der Waals surface area contributed by atoms with E-state index < -0.39 is 11.9 Å². The zero-order valence-corrected chi connectivity index (χ0v) is 21.4. The molecule has 0 atom stereocenters. The van der Waals surface area contributed by atoms with Gasteiger partial charge < -0.3 is 19.9 Å². The molecule has 7 nitrogen and oxygen atoms in total. The average molecular weight is 516 g/mol. The molecule has 0 spiro atoms. The first-order valence-electron chi connectivity index (χ1n) is 12.5. The standard InChI is InChI=1S/C32H25N3O4/c1-18-28(19(2)39-34-18)23-15-25(31(33)36)29-24-14-13-22(32(37)38)16-26(24)35(27(29)17-23)30(20-9-5-3-6-10-20)21-11-7-4-8-12-21/h3-17,30H,1-2H3,(H2,33,36)(H,37,38). The Labute approximate surface area is 224 Å². The predicted molar refractivity (Wildman–Crippen MR) is 150 cm³/mol. The van der Waals surface area contributed by atoms with Crippen LogP contribution >= 0.6 is 0 Å². The van der Waals surface area contributed by atoms with Gasteiger partial charge in [0.2, 0.25) is 5.91 Å². The molecule has 0 radical (unpaired) electrons. The lowest BCUT2D eigenvalue weighted by atomic mass is 9.96. The Balaban J connectivity index is 1.82. The first-order valence-corrected chi connectivity index (χ1v) is 12.5. The first kappa shape index (κ1) is 24.2. The molecule has 0 aliphatic carbocycles. The summed E-state index contributed by atoms with van der Waals surface area (Å²) in [5, 5.41) is 15.4. The number of nitrogens with zero attached hydrogens (tertiary/aromatic N) is 2. The number of hydrogen-bond acceptors (Lipinski definition) is 4. The Morgan fingerprint density at radius 2 is 1.51 bits per heavy atom. The van der Waals surface area contributed by atoms with E-state index in [9.17, 15) is 14.7 Å². The molecule has 0 saturated carbocycles. The van der Waals surface area contributed by atoms with Crippen molar-refractivity contribution >= 4 is 33.7 Å². The van der Waals surface area contributed by atoms with Crippen molar-refractivity contribution in [3.8, 4) is 11.1 Å². The van der Waals surface area contributed by atoms with E-state index in [0.29, 0.717) is 27.9 Å². The smallest absolute Gasteiger partial charge is 0.335 e. The molecule has 192 valence electrons. The second-order valence-electron chi connectivity index (χ2n) is 9.61. The van der Waals surface area contributed by atoms with Gasteiger partial charge in [-0.1, -0.05) is 71.9 Å². The SMILES string of the molecule is Cc1noc(C)c1-c1cc(C(N)=O)c2c3ccc(C(=O)O)cc3n(C(c3ccccc3)c3ccccc3)c2c1. The topological polar surface area (TPSA) is 111 Å². The molecular formula is C32H25N3O4. The number of aryl methyl sites for hydroxylation is 2. The van der Waals surface area contributed by atoms with Crippen molar-refractivity contribution in [2.24, 2.45) is 5.73 Å². The van der Waals surface area contributed by atoms with Gasteiger partial charge in [-0.3, -0.25) is 4.79 Å². The largest absolute Gasteiger partial charge is 0.478 e. The summed E-state index contributed by atoms with van der Waals surface area (Å²) in [4.78, 5) is 25.0. The second-order valence-corrected chi connectivity index (χ2v) is 9.61. The molecule has 1 amide bonds. The fourth-order valence-corrected chi connectivity index (χ4v) is 5.58. The third kappa shape index (κ3) is 3.95. The molecular weight excluding hydrogens is 490 g/mol. The molecule has 0 fully saturated rings. The van der Waals surface area contributed by atoms with Gasteiger partial charge in [0.05, 0.1) is 28.3 Å². The highest BCUT2D eigenvalue weighted by Crippen LogP contribution is 2.42. The molecule has 6 rings (SSSR count). The number of fused-ring (bicyclic) bond motifs is 3. The second kappa shape index (κ2) is 9.29. The quantitative estimate of drug-likeness (QED) is 0.263. The van der Waals surface area contributed by atoms with Crippen molar-refractivity contribution in [3.05, 3.63) is 125 Å². The van der Waals surface area contributed by atoms with Gasteiger partial charge in [0, 0.05) is 21.9 Å².